The lowest BCUT2D eigenvalue weighted by atomic mass is 10.0. The molecule has 1 amide bonds. The Labute approximate surface area is 162 Å². The molecule has 1 aromatic carbocycles. The van der Waals surface area contributed by atoms with E-state index in [0.29, 0.717) is 25.0 Å². The number of rotatable bonds is 4. The van der Waals surface area contributed by atoms with Crippen LogP contribution in [0, 0.1) is 5.82 Å². The van der Waals surface area contributed by atoms with Gasteiger partial charge in [0.15, 0.2) is 0 Å². The minimum absolute atomic E-state index is 0.281. The second-order valence-electron chi connectivity index (χ2n) is 7.14. The molecule has 0 radical (unpaired) electrons. The number of pyridine rings is 1. The number of nitrogens with one attached hydrogen (secondary N) is 1. The first-order chi connectivity index (χ1) is 13.5. The molecular weight excluding hydrogens is 361 g/mol. The number of aliphatic hydroxyl groups is 1. The van der Waals surface area contributed by atoms with E-state index in [2.05, 4.69) is 10.3 Å². The van der Waals surface area contributed by atoms with Crippen LogP contribution in [0.5, 0.6) is 0 Å². The number of aliphatic hydroxyl groups excluding tert-OH is 1. The fourth-order valence-electron chi connectivity index (χ4n) is 3.57. The van der Waals surface area contributed by atoms with Crippen LogP contribution >= 0.6 is 0 Å². The number of carbonyl (C=O) groups excluding carboxylic acids is 1. The standard InChI is InChI=1S/C21H22FN3O3/c1-25-8-6-16-20(25)14(10-13-2-4-15(22)5-3-13)11-17(23-16)21(27)24-18-12-28-9-7-19(18)26/h2-6,8,11,18-19,26H,7,9-10,12H2,1H3,(H,24,27). The Balaban J connectivity index is 1.65. The number of ether oxygens (including phenoxy) is 1. The number of fused-ring (bicyclic) bond motifs is 1. The molecule has 28 heavy (non-hydrogen) atoms. The molecule has 2 N–H and O–H groups in total. The number of carbonyl (C=O) groups is 1. The summed E-state index contributed by atoms with van der Waals surface area (Å²) in [7, 11) is 1.92. The molecular formula is C21H22FN3O3. The zero-order valence-corrected chi connectivity index (χ0v) is 15.6. The molecule has 2 atom stereocenters. The van der Waals surface area contributed by atoms with Gasteiger partial charge in [0.05, 0.1) is 29.8 Å². The number of nitrogens with zero attached hydrogens (tertiary/aromatic N) is 2. The molecule has 7 heteroatoms. The summed E-state index contributed by atoms with van der Waals surface area (Å²) < 4.78 is 20.5. The zero-order chi connectivity index (χ0) is 19.7. The molecule has 0 spiro atoms. The van der Waals surface area contributed by atoms with Crippen LogP contribution < -0.4 is 5.32 Å². The first-order valence-electron chi connectivity index (χ1n) is 9.27. The van der Waals surface area contributed by atoms with E-state index in [9.17, 15) is 14.3 Å². The highest BCUT2D eigenvalue weighted by Gasteiger charge is 2.26. The van der Waals surface area contributed by atoms with Crippen LogP contribution in [-0.4, -0.2) is 45.9 Å². The lowest BCUT2D eigenvalue weighted by Crippen LogP contribution is -2.49. The molecule has 2 aromatic heterocycles. The summed E-state index contributed by atoms with van der Waals surface area (Å²) in [4.78, 5) is 17.2. The summed E-state index contributed by atoms with van der Waals surface area (Å²) in [6.45, 7) is 0.770. The maximum absolute atomic E-state index is 13.2. The number of aryl methyl sites for hydroxylation is 1. The Bertz CT molecular complexity index is 1000. The Hall–Kier alpha value is -2.77. The molecule has 3 aromatic rings. The molecule has 1 aliphatic heterocycles. The van der Waals surface area contributed by atoms with Gasteiger partial charge in [0.1, 0.15) is 11.5 Å². The predicted octanol–water partition coefficient (Wildman–Crippen LogP) is 2.18. The lowest BCUT2D eigenvalue weighted by Gasteiger charge is -2.28. The van der Waals surface area contributed by atoms with Gasteiger partial charge in [-0.1, -0.05) is 12.1 Å². The van der Waals surface area contributed by atoms with Crippen molar-refractivity contribution in [2.24, 2.45) is 7.05 Å². The van der Waals surface area contributed by atoms with E-state index in [1.165, 1.54) is 12.1 Å². The SMILES string of the molecule is Cn1ccc2nc(C(=O)NC3COCCC3O)cc(Cc3ccc(F)cc3)c21. The van der Waals surface area contributed by atoms with Crippen LogP contribution in [0.25, 0.3) is 11.0 Å². The van der Waals surface area contributed by atoms with Crippen LogP contribution in [0.3, 0.4) is 0 Å². The predicted molar refractivity (Wildman–Crippen MR) is 103 cm³/mol. The fourth-order valence-corrected chi connectivity index (χ4v) is 3.57. The van der Waals surface area contributed by atoms with E-state index >= 15 is 0 Å². The smallest absolute Gasteiger partial charge is 0.270 e. The third-order valence-corrected chi connectivity index (χ3v) is 5.08. The van der Waals surface area contributed by atoms with E-state index in [4.69, 9.17) is 4.74 Å². The normalized spacial score (nSPS) is 19.7. The largest absolute Gasteiger partial charge is 0.391 e. The third kappa shape index (κ3) is 3.76. The van der Waals surface area contributed by atoms with E-state index < -0.39 is 12.1 Å². The van der Waals surface area contributed by atoms with Gasteiger partial charge in [0.2, 0.25) is 0 Å². The van der Waals surface area contributed by atoms with E-state index in [1.54, 1.807) is 18.2 Å². The van der Waals surface area contributed by atoms with Gasteiger partial charge in [-0.3, -0.25) is 4.79 Å². The average molecular weight is 383 g/mol. The molecule has 0 bridgehead atoms. The summed E-state index contributed by atoms with van der Waals surface area (Å²) in [5.41, 5.74) is 3.80. The van der Waals surface area contributed by atoms with Gasteiger partial charge in [0, 0.05) is 19.9 Å². The zero-order valence-electron chi connectivity index (χ0n) is 15.6. The van der Waals surface area contributed by atoms with Crippen molar-refractivity contribution in [2.75, 3.05) is 13.2 Å². The van der Waals surface area contributed by atoms with Crippen molar-refractivity contribution in [2.45, 2.75) is 25.0 Å². The van der Waals surface area contributed by atoms with E-state index in [1.807, 2.05) is 23.9 Å². The van der Waals surface area contributed by atoms with Crippen LogP contribution in [-0.2, 0) is 18.2 Å². The Morgan fingerprint density at radius 2 is 2.14 bits per heavy atom. The topological polar surface area (TPSA) is 76.4 Å². The summed E-state index contributed by atoms with van der Waals surface area (Å²) in [6.07, 6.45) is 2.31. The fraction of sp³-hybridized carbons (Fsp3) is 0.333. The minimum Gasteiger partial charge on any atom is -0.391 e. The molecule has 4 rings (SSSR count). The number of amides is 1. The Morgan fingerprint density at radius 3 is 2.89 bits per heavy atom. The van der Waals surface area contributed by atoms with Crippen molar-refractivity contribution < 1.29 is 19.0 Å². The average Bonchev–Trinajstić information content (AvgIpc) is 3.06. The van der Waals surface area contributed by atoms with Crippen molar-refractivity contribution in [3.63, 3.8) is 0 Å². The highest BCUT2D eigenvalue weighted by atomic mass is 19.1. The molecule has 1 aliphatic rings. The maximum atomic E-state index is 13.2. The maximum Gasteiger partial charge on any atom is 0.270 e. The number of benzene rings is 1. The van der Waals surface area contributed by atoms with Crippen molar-refractivity contribution in [1.82, 2.24) is 14.9 Å². The van der Waals surface area contributed by atoms with Crippen molar-refractivity contribution in [1.29, 1.82) is 0 Å². The van der Waals surface area contributed by atoms with Gasteiger partial charge < -0.3 is 19.7 Å². The van der Waals surface area contributed by atoms with Crippen LogP contribution in [0.15, 0.2) is 42.6 Å². The minimum atomic E-state index is -0.628. The Kier molecular flexibility index (Phi) is 5.11. The third-order valence-electron chi connectivity index (χ3n) is 5.08. The Morgan fingerprint density at radius 1 is 1.36 bits per heavy atom. The second-order valence-corrected chi connectivity index (χ2v) is 7.14. The molecule has 2 unspecified atom stereocenters. The van der Waals surface area contributed by atoms with Gasteiger partial charge in [-0.2, -0.15) is 0 Å². The van der Waals surface area contributed by atoms with Gasteiger partial charge in [-0.05, 0) is 48.2 Å². The first kappa shape index (κ1) is 18.6. The van der Waals surface area contributed by atoms with Crippen LogP contribution in [0.2, 0.25) is 0 Å². The quantitative estimate of drug-likeness (QED) is 0.724. The summed E-state index contributed by atoms with van der Waals surface area (Å²) >= 11 is 0. The molecule has 146 valence electrons. The lowest BCUT2D eigenvalue weighted by molar-refractivity contribution is -0.0140. The highest BCUT2D eigenvalue weighted by Crippen LogP contribution is 2.22. The van der Waals surface area contributed by atoms with Crippen LogP contribution in [0.1, 0.15) is 28.0 Å². The molecule has 1 fully saturated rings. The van der Waals surface area contributed by atoms with Gasteiger partial charge in [-0.25, -0.2) is 9.37 Å². The van der Waals surface area contributed by atoms with Crippen molar-refractivity contribution in [3.8, 4) is 0 Å². The van der Waals surface area contributed by atoms with Gasteiger partial charge >= 0.3 is 0 Å². The molecule has 6 nitrogen and oxygen atoms in total. The molecule has 1 saturated heterocycles. The number of halogens is 1. The van der Waals surface area contributed by atoms with Gasteiger partial charge in [-0.15, -0.1) is 0 Å². The van der Waals surface area contributed by atoms with E-state index in [0.717, 1.165) is 16.6 Å². The number of hydrogen-bond acceptors (Lipinski definition) is 4. The first-order valence-corrected chi connectivity index (χ1v) is 9.27. The summed E-state index contributed by atoms with van der Waals surface area (Å²) in [5, 5.41) is 12.9. The molecule has 0 saturated carbocycles. The number of aromatic nitrogens is 2. The van der Waals surface area contributed by atoms with E-state index in [-0.39, 0.29) is 24.0 Å². The van der Waals surface area contributed by atoms with Crippen molar-refractivity contribution in [3.05, 3.63) is 65.2 Å². The van der Waals surface area contributed by atoms with Crippen LogP contribution in [0.4, 0.5) is 4.39 Å². The monoisotopic (exact) mass is 383 g/mol. The summed E-state index contributed by atoms with van der Waals surface area (Å²) in [6, 6.07) is 9.50. The number of hydrogen-bond donors (Lipinski definition) is 2. The second kappa shape index (κ2) is 7.69. The molecule has 3 heterocycles. The van der Waals surface area contributed by atoms with Crippen molar-refractivity contribution >= 4 is 16.9 Å². The van der Waals surface area contributed by atoms with Gasteiger partial charge in [0.25, 0.3) is 5.91 Å². The summed E-state index contributed by atoms with van der Waals surface area (Å²) in [5.74, 6) is -0.628. The highest BCUT2D eigenvalue weighted by molar-refractivity contribution is 5.95. The molecule has 0 aliphatic carbocycles.